The van der Waals surface area contributed by atoms with Gasteiger partial charge in [-0.1, -0.05) is 43.6 Å². The normalized spacial score (nSPS) is 17.5. The van der Waals surface area contributed by atoms with Crippen LogP contribution in [0.2, 0.25) is 10.0 Å². The summed E-state index contributed by atoms with van der Waals surface area (Å²) in [6.07, 6.45) is 2.64. The number of nitrogens with one attached hydrogen (secondary N) is 1. The van der Waals surface area contributed by atoms with Crippen LogP contribution in [0, 0.1) is 24.4 Å². The van der Waals surface area contributed by atoms with Gasteiger partial charge < -0.3 is 20.9 Å². The predicted octanol–water partition coefficient (Wildman–Crippen LogP) is 5.73. The topological polar surface area (TPSA) is 126 Å². The number of piperazine rings is 1. The van der Waals surface area contributed by atoms with Crippen molar-refractivity contribution in [2.75, 3.05) is 29.0 Å². The third kappa shape index (κ3) is 4.82. The minimum Gasteiger partial charge on any atom is -0.397 e. The first-order chi connectivity index (χ1) is 22.2. The molecule has 15 heteroatoms. The maximum absolute atomic E-state index is 17.3. The molecule has 1 saturated heterocycles. The molecule has 4 heterocycles. The molecular formula is C32H28Cl2F3N7O3. The van der Waals surface area contributed by atoms with Crippen LogP contribution in [-0.4, -0.2) is 56.4 Å². The van der Waals surface area contributed by atoms with Crippen LogP contribution < -0.4 is 21.6 Å². The van der Waals surface area contributed by atoms with Crippen LogP contribution in [0.5, 0.6) is 0 Å². The first-order valence-corrected chi connectivity index (χ1v) is 15.3. The van der Waals surface area contributed by atoms with E-state index in [-0.39, 0.29) is 40.9 Å². The van der Waals surface area contributed by atoms with Crippen LogP contribution in [0.3, 0.4) is 0 Å². The van der Waals surface area contributed by atoms with Gasteiger partial charge in [-0.3, -0.25) is 19.1 Å². The summed E-state index contributed by atoms with van der Waals surface area (Å²) in [6, 6.07) is 0.910. The fourth-order valence-electron chi connectivity index (χ4n) is 6.35. The lowest BCUT2D eigenvalue weighted by atomic mass is 9.97. The van der Waals surface area contributed by atoms with E-state index < -0.39 is 80.1 Å². The lowest BCUT2D eigenvalue weighted by molar-refractivity contribution is -0.130. The number of nitrogen functional groups attached to an aromatic ring is 1. The van der Waals surface area contributed by atoms with Crippen molar-refractivity contribution in [2.24, 2.45) is 0 Å². The summed E-state index contributed by atoms with van der Waals surface area (Å²) in [7, 11) is 0. The van der Waals surface area contributed by atoms with Gasteiger partial charge in [0.1, 0.15) is 17.4 Å². The fraction of sp³-hybridized carbons (Fsp3) is 0.281. The quantitative estimate of drug-likeness (QED) is 0.160. The minimum absolute atomic E-state index is 0.0255. The van der Waals surface area contributed by atoms with Crippen molar-refractivity contribution in [3.05, 3.63) is 80.2 Å². The molecule has 2 amide bonds. The number of rotatable bonds is 4. The van der Waals surface area contributed by atoms with E-state index in [4.69, 9.17) is 28.9 Å². The van der Waals surface area contributed by atoms with Gasteiger partial charge in [0.25, 0.3) is 0 Å². The summed E-state index contributed by atoms with van der Waals surface area (Å²) in [5.74, 6) is -5.77. The second-order valence-corrected chi connectivity index (χ2v) is 12.6. The molecule has 2 aromatic carbocycles. The van der Waals surface area contributed by atoms with Crippen molar-refractivity contribution < 1.29 is 22.8 Å². The zero-order valence-electron chi connectivity index (χ0n) is 25.6. The van der Waals surface area contributed by atoms with Crippen molar-refractivity contribution in [1.82, 2.24) is 19.4 Å². The molecule has 2 aliphatic heterocycles. The summed E-state index contributed by atoms with van der Waals surface area (Å²) in [5.41, 5.74) is 2.77. The maximum atomic E-state index is 17.3. The standard InChI is InChI=1S/C32H28Cl2F3N7O3/c1-6-18(45)42-11-17-31(46)40-27-21-29(24(37)19(23(27)36)20-22(35)15(33)9-16(34)25(20)38)44(28-13(4)7-8-39-26(28)12(2)3)32(47)41-30(21)43(17)10-14(42)5/h6-9,12,14,17H,1,10-11,38H2,2-5H3,(H,40,46). The Morgan fingerprint density at radius 2 is 1.83 bits per heavy atom. The third-order valence-corrected chi connectivity index (χ3v) is 9.18. The molecule has 2 unspecified atom stereocenters. The Morgan fingerprint density at radius 1 is 1.13 bits per heavy atom. The number of aromatic nitrogens is 3. The van der Waals surface area contributed by atoms with E-state index in [1.54, 1.807) is 19.9 Å². The van der Waals surface area contributed by atoms with Gasteiger partial charge in [0.2, 0.25) is 11.8 Å². The number of carbonyl (C=O) groups excluding carboxylic acids is 2. The molecule has 2 aliphatic rings. The predicted molar refractivity (Wildman–Crippen MR) is 175 cm³/mol. The van der Waals surface area contributed by atoms with Crippen molar-refractivity contribution in [1.29, 1.82) is 0 Å². The highest BCUT2D eigenvalue weighted by atomic mass is 35.5. The second kappa shape index (κ2) is 11.6. The molecule has 0 saturated carbocycles. The van der Waals surface area contributed by atoms with Gasteiger partial charge in [-0.15, -0.1) is 0 Å². The molecule has 0 aliphatic carbocycles. The summed E-state index contributed by atoms with van der Waals surface area (Å²) < 4.78 is 50.9. The fourth-order valence-corrected chi connectivity index (χ4v) is 6.82. The molecule has 1 fully saturated rings. The number of aryl methyl sites for hydroxylation is 1. The minimum atomic E-state index is -1.40. The SMILES string of the molecule is C=CC(=O)N1CC2C(=O)Nc3c(F)c(-c4c(N)c(Cl)cc(Cl)c4F)c(F)c4c3c(nc(=O)n4-c3c(C)ccnc3C(C)C)N2CC1C. The van der Waals surface area contributed by atoms with Gasteiger partial charge in [0.05, 0.1) is 50.3 Å². The van der Waals surface area contributed by atoms with Gasteiger partial charge in [-0.05, 0) is 43.5 Å². The number of pyridine rings is 1. The number of nitrogens with two attached hydrogens (primary N) is 1. The highest BCUT2D eigenvalue weighted by Crippen LogP contribution is 2.48. The van der Waals surface area contributed by atoms with Crippen molar-refractivity contribution in [3.63, 3.8) is 0 Å². The van der Waals surface area contributed by atoms with Crippen molar-refractivity contribution >= 4 is 63.1 Å². The number of benzene rings is 2. The second-order valence-electron chi connectivity index (χ2n) is 11.8. The van der Waals surface area contributed by atoms with Crippen molar-refractivity contribution in [3.8, 4) is 16.8 Å². The van der Waals surface area contributed by atoms with E-state index in [2.05, 4.69) is 21.9 Å². The van der Waals surface area contributed by atoms with Crippen LogP contribution >= 0.6 is 23.2 Å². The van der Waals surface area contributed by atoms with Crippen LogP contribution in [0.4, 0.5) is 30.4 Å². The molecule has 0 bridgehead atoms. The highest BCUT2D eigenvalue weighted by molar-refractivity contribution is 6.37. The van der Waals surface area contributed by atoms with Crippen LogP contribution in [0.15, 0.2) is 35.8 Å². The Hall–Kier alpha value is -4.62. The Bertz CT molecular complexity index is 2090. The number of hydrogen-bond donors (Lipinski definition) is 2. The van der Waals surface area contributed by atoms with E-state index >= 15 is 13.2 Å². The number of amides is 2. The van der Waals surface area contributed by atoms with E-state index in [9.17, 15) is 14.4 Å². The average Bonchev–Trinajstić information content (AvgIpc) is 3.13. The lowest BCUT2D eigenvalue weighted by Crippen LogP contribution is -2.62. The Labute approximate surface area is 276 Å². The van der Waals surface area contributed by atoms with E-state index in [1.807, 2.05) is 13.8 Å². The summed E-state index contributed by atoms with van der Waals surface area (Å²) >= 11 is 12.2. The molecule has 47 heavy (non-hydrogen) atoms. The van der Waals surface area contributed by atoms with Gasteiger partial charge in [0, 0.05) is 24.3 Å². The Balaban J connectivity index is 1.82. The molecular weight excluding hydrogens is 658 g/mol. The zero-order chi connectivity index (χ0) is 34.2. The van der Waals surface area contributed by atoms with Crippen LogP contribution in [0.1, 0.15) is 37.9 Å². The largest absolute Gasteiger partial charge is 0.397 e. The van der Waals surface area contributed by atoms with E-state index in [0.29, 0.717) is 11.3 Å². The van der Waals surface area contributed by atoms with Gasteiger partial charge >= 0.3 is 5.69 Å². The van der Waals surface area contributed by atoms with Crippen molar-refractivity contribution in [2.45, 2.75) is 45.7 Å². The number of carbonyl (C=O) groups is 2. The first kappa shape index (κ1) is 32.3. The monoisotopic (exact) mass is 685 g/mol. The highest BCUT2D eigenvalue weighted by Gasteiger charge is 2.43. The number of anilines is 3. The maximum Gasteiger partial charge on any atom is 0.354 e. The Morgan fingerprint density at radius 3 is 2.49 bits per heavy atom. The molecule has 0 spiro atoms. The summed E-state index contributed by atoms with van der Waals surface area (Å²) in [4.78, 5) is 52.3. The molecule has 2 aromatic heterocycles. The van der Waals surface area contributed by atoms with Crippen LogP contribution in [0.25, 0.3) is 27.7 Å². The smallest absolute Gasteiger partial charge is 0.354 e. The summed E-state index contributed by atoms with van der Waals surface area (Å²) in [6.45, 7) is 10.4. The van der Waals surface area contributed by atoms with Gasteiger partial charge in [0.15, 0.2) is 17.5 Å². The number of hydrogen-bond acceptors (Lipinski definition) is 7. The molecule has 244 valence electrons. The number of nitrogens with zero attached hydrogens (tertiary/aromatic N) is 5. The molecule has 4 aromatic rings. The molecule has 10 nitrogen and oxygen atoms in total. The molecule has 3 N–H and O–H groups in total. The zero-order valence-corrected chi connectivity index (χ0v) is 27.1. The third-order valence-electron chi connectivity index (χ3n) is 8.60. The number of halogens is 5. The lowest BCUT2D eigenvalue weighted by Gasteiger charge is -2.44. The first-order valence-electron chi connectivity index (χ1n) is 14.6. The van der Waals surface area contributed by atoms with E-state index in [0.717, 1.165) is 16.7 Å². The molecule has 2 atom stereocenters. The van der Waals surface area contributed by atoms with Gasteiger partial charge in [-0.25, -0.2) is 18.0 Å². The van der Waals surface area contributed by atoms with Crippen LogP contribution in [-0.2, 0) is 9.59 Å². The van der Waals surface area contributed by atoms with E-state index in [1.165, 1.54) is 16.0 Å². The molecule has 0 radical (unpaired) electrons. The summed E-state index contributed by atoms with van der Waals surface area (Å²) in [5, 5.41) is 1.41. The molecule has 6 rings (SSSR count). The Kier molecular flexibility index (Phi) is 7.95. The van der Waals surface area contributed by atoms with Gasteiger partial charge in [-0.2, -0.15) is 4.98 Å². The average molecular weight is 687 g/mol. The number of fused-ring (bicyclic) bond motifs is 2.